The molecule has 2 rings (SSSR count). The summed E-state index contributed by atoms with van der Waals surface area (Å²) >= 11 is 0. The molecule has 0 radical (unpaired) electrons. The molecule has 1 aromatic carbocycles. The van der Waals surface area contributed by atoms with E-state index in [-0.39, 0.29) is 5.54 Å². The molecule has 1 nitrogen and oxygen atoms in total. The Balaban J connectivity index is 0.000000531. The van der Waals surface area contributed by atoms with Gasteiger partial charge in [-0.1, -0.05) is 38.1 Å². The van der Waals surface area contributed by atoms with Crippen LogP contribution in [0.2, 0.25) is 0 Å². The van der Waals surface area contributed by atoms with Crippen LogP contribution in [0.5, 0.6) is 0 Å². The Kier molecular flexibility index (Phi) is 3.92. The molecule has 1 aromatic rings. The average molecular weight is 205 g/mol. The number of benzene rings is 1. The first kappa shape index (κ1) is 12.3. The van der Waals surface area contributed by atoms with Crippen LogP contribution in [0.3, 0.4) is 0 Å². The lowest BCUT2D eigenvalue weighted by molar-refractivity contribution is 0.322. The molecule has 0 saturated carbocycles. The summed E-state index contributed by atoms with van der Waals surface area (Å²) in [6.45, 7) is 10.8. The minimum atomic E-state index is 0.244. The van der Waals surface area contributed by atoms with E-state index in [4.69, 9.17) is 0 Å². The average Bonchev–Trinajstić information content (AvgIpc) is 2.19. The van der Waals surface area contributed by atoms with E-state index < -0.39 is 0 Å². The summed E-state index contributed by atoms with van der Waals surface area (Å²) in [7, 11) is 0. The first-order chi connectivity index (χ1) is 7.08. The third-order valence-electron chi connectivity index (χ3n) is 2.76. The van der Waals surface area contributed by atoms with Gasteiger partial charge < -0.3 is 5.32 Å². The molecule has 1 N–H and O–H groups in total. The van der Waals surface area contributed by atoms with Gasteiger partial charge >= 0.3 is 0 Å². The van der Waals surface area contributed by atoms with Gasteiger partial charge in [-0.15, -0.1) is 0 Å². The van der Waals surface area contributed by atoms with Crippen LogP contribution in [0.25, 0.3) is 0 Å². The molecule has 1 unspecified atom stereocenters. The lowest BCUT2D eigenvalue weighted by Gasteiger charge is -2.37. The van der Waals surface area contributed by atoms with E-state index >= 15 is 0 Å². The first-order valence-electron chi connectivity index (χ1n) is 5.94. The van der Waals surface area contributed by atoms with Gasteiger partial charge in [0.15, 0.2) is 0 Å². The van der Waals surface area contributed by atoms with Gasteiger partial charge in [0.1, 0.15) is 0 Å². The molecule has 1 heterocycles. The predicted octanol–water partition coefficient (Wildman–Crippen LogP) is 3.70. The molecule has 0 amide bonds. The number of hydrogen-bond acceptors (Lipinski definition) is 1. The van der Waals surface area contributed by atoms with Gasteiger partial charge in [-0.3, -0.25) is 0 Å². The molecule has 1 atom stereocenters. The topological polar surface area (TPSA) is 12.0 Å². The molecule has 1 aliphatic heterocycles. The van der Waals surface area contributed by atoms with E-state index in [1.165, 1.54) is 11.1 Å². The largest absolute Gasteiger partial charge is 0.305 e. The Morgan fingerprint density at radius 1 is 1.20 bits per heavy atom. The maximum atomic E-state index is 3.61. The Morgan fingerprint density at radius 2 is 1.80 bits per heavy atom. The van der Waals surface area contributed by atoms with Crippen LogP contribution in [-0.2, 0) is 6.42 Å². The lowest BCUT2D eigenvalue weighted by Crippen LogP contribution is -2.46. The highest BCUT2D eigenvalue weighted by molar-refractivity contribution is 5.33. The molecule has 0 bridgehead atoms. The zero-order chi connectivity index (χ0) is 11.5. The second-order valence-electron chi connectivity index (χ2n) is 4.63. The van der Waals surface area contributed by atoms with Crippen LogP contribution in [0.4, 0.5) is 0 Å². The predicted molar refractivity (Wildman–Crippen MR) is 67.1 cm³/mol. The van der Waals surface area contributed by atoms with E-state index in [0.29, 0.717) is 6.04 Å². The van der Waals surface area contributed by atoms with Crippen molar-refractivity contribution in [2.75, 3.05) is 0 Å². The molecule has 0 spiro atoms. The van der Waals surface area contributed by atoms with E-state index in [9.17, 15) is 0 Å². The molecule has 0 aliphatic carbocycles. The highest BCUT2D eigenvalue weighted by atomic mass is 15.0. The van der Waals surface area contributed by atoms with E-state index in [2.05, 4.69) is 50.4 Å². The summed E-state index contributed by atoms with van der Waals surface area (Å²) in [5.74, 6) is 0. The van der Waals surface area contributed by atoms with Crippen molar-refractivity contribution in [3.05, 3.63) is 35.4 Å². The molecular formula is C14H23N. The van der Waals surface area contributed by atoms with E-state index in [1.807, 2.05) is 13.8 Å². The number of rotatable bonds is 0. The van der Waals surface area contributed by atoms with Crippen LogP contribution in [-0.4, -0.2) is 5.54 Å². The third-order valence-corrected chi connectivity index (χ3v) is 2.76. The maximum absolute atomic E-state index is 3.61. The summed E-state index contributed by atoms with van der Waals surface area (Å²) in [4.78, 5) is 0. The molecule has 15 heavy (non-hydrogen) atoms. The molecular weight excluding hydrogens is 182 g/mol. The van der Waals surface area contributed by atoms with Crippen LogP contribution in [0, 0.1) is 0 Å². The monoisotopic (exact) mass is 205 g/mol. The van der Waals surface area contributed by atoms with Crippen molar-refractivity contribution in [1.82, 2.24) is 5.32 Å². The van der Waals surface area contributed by atoms with Crippen molar-refractivity contribution >= 4 is 0 Å². The van der Waals surface area contributed by atoms with Crippen molar-refractivity contribution in [3.8, 4) is 0 Å². The van der Waals surface area contributed by atoms with Crippen molar-refractivity contribution in [2.45, 2.75) is 52.6 Å². The Morgan fingerprint density at radius 3 is 2.47 bits per heavy atom. The van der Waals surface area contributed by atoms with Gasteiger partial charge in [-0.25, -0.2) is 0 Å². The Hall–Kier alpha value is -0.820. The van der Waals surface area contributed by atoms with Crippen molar-refractivity contribution in [1.29, 1.82) is 0 Å². The van der Waals surface area contributed by atoms with Crippen LogP contribution < -0.4 is 5.32 Å². The zero-order valence-corrected chi connectivity index (χ0v) is 10.6. The van der Waals surface area contributed by atoms with E-state index in [1.54, 1.807) is 0 Å². The second-order valence-corrected chi connectivity index (χ2v) is 4.63. The molecule has 1 aliphatic rings. The third kappa shape index (κ3) is 2.82. The Bertz CT molecular complexity index is 315. The number of fused-ring (bicyclic) bond motifs is 1. The van der Waals surface area contributed by atoms with Gasteiger partial charge in [0, 0.05) is 11.6 Å². The van der Waals surface area contributed by atoms with Crippen molar-refractivity contribution in [3.63, 3.8) is 0 Å². The second kappa shape index (κ2) is 4.80. The quantitative estimate of drug-likeness (QED) is 0.681. The van der Waals surface area contributed by atoms with Crippen LogP contribution in [0.1, 0.15) is 51.8 Å². The summed E-state index contributed by atoms with van der Waals surface area (Å²) in [5, 5.41) is 3.61. The van der Waals surface area contributed by atoms with Gasteiger partial charge in [0.05, 0.1) is 0 Å². The van der Waals surface area contributed by atoms with Crippen LogP contribution >= 0.6 is 0 Å². The summed E-state index contributed by atoms with van der Waals surface area (Å²) in [5.41, 5.74) is 3.20. The summed E-state index contributed by atoms with van der Waals surface area (Å²) in [6.07, 6.45) is 1.13. The fourth-order valence-electron chi connectivity index (χ4n) is 2.31. The fraction of sp³-hybridized carbons (Fsp3) is 0.571. The zero-order valence-electron chi connectivity index (χ0n) is 10.6. The van der Waals surface area contributed by atoms with Gasteiger partial charge in [-0.2, -0.15) is 0 Å². The normalized spacial score (nSPS) is 22.3. The van der Waals surface area contributed by atoms with Gasteiger partial charge in [0.25, 0.3) is 0 Å². The fourth-order valence-corrected chi connectivity index (χ4v) is 2.31. The maximum Gasteiger partial charge on any atom is 0.0299 e. The summed E-state index contributed by atoms with van der Waals surface area (Å²) < 4.78 is 0. The first-order valence-corrected chi connectivity index (χ1v) is 5.94. The molecule has 0 fully saturated rings. The molecule has 1 heteroatoms. The van der Waals surface area contributed by atoms with Gasteiger partial charge in [-0.05, 0) is 38.3 Å². The minimum Gasteiger partial charge on any atom is -0.305 e. The van der Waals surface area contributed by atoms with E-state index in [0.717, 1.165) is 6.42 Å². The highest BCUT2D eigenvalue weighted by Gasteiger charge is 2.28. The molecule has 0 saturated heterocycles. The Labute approximate surface area is 93.9 Å². The minimum absolute atomic E-state index is 0.244. The number of hydrogen-bond donors (Lipinski definition) is 1. The van der Waals surface area contributed by atoms with Crippen molar-refractivity contribution < 1.29 is 0 Å². The van der Waals surface area contributed by atoms with Crippen LogP contribution in [0.15, 0.2) is 24.3 Å². The number of nitrogens with one attached hydrogen (secondary N) is 1. The smallest absolute Gasteiger partial charge is 0.0299 e. The lowest BCUT2D eigenvalue weighted by atomic mass is 9.84. The highest BCUT2D eigenvalue weighted by Crippen LogP contribution is 2.29. The molecule has 0 aromatic heterocycles. The summed E-state index contributed by atoms with van der Waals surface area (Å²) in [6, 6.07) is 9.21. The SMILES string of the molecule is CC.CC1NC(C)(C)Cc2ccccc21. The molecule has 84 valence electrons. The van der Waals surface area contributed by atoms with Crippen molar-refractivity contribution in [2.24, 2.45) is 0 Å². The van der Waals surface area contributed by atoms with Gasteiger partial charge in [0.2, 0.25) is 0 Å². The standard InChI is InChI=1S/C12H17N.C2H6/c1-9-11-7-5-4-6-10(11)8-12(2,3)13-9;1-2/h4-7,9,13H,8H2,1-3H3;1-2H3.